The van der Waals surface area contributed by atoms with Crippen LogP contribution in [0.4, 0.5) is 5.69 Å². The topological polar surface area (TPSA) is 105 Å². The number of carbonyl (C=O) groups excluding carboxylic acids is 1. The van der Waals surface area contributed by atoms with E-state index in [9.17, 15) is 13.2 Å². The number of carbonyl (C=O) groups is 1. The first-order chi connectivity index (χ1) is 12.4. The summed E-state index contributed by atoms with van der Waals surface area (Å²) in [7, 11) is -3.99. The summed E-state index contributed by atoms with van der Waals surface area (Å²) in [4.78, 5) is 14.1. The molecule has 2 aromatic carbocycles. The number of hydrazone groups is 1. The van der Waals surface area contributed by atoms with Crippen molar-refractivity contribution in [2.75, 3.05) is 18.0 Å². The molecular weight excluding hydrogens is 352 g/mol. The Balaban J connectivity index is 2.08. The predicted molar refractivity (Wildman–Crippen MR) is 103 cm³/mol. The molecule has 138 valence electrons. The van der Waals surface area contributed by atoms with Gasteiger partial charge < -0.3 is 4.90 Å². The summed E-state index contributed by atoms with van der Waals surface area (Å²) in [6, 6.07) is 13.4. The van der Waals surface area contributed by atoms with Gasteiger partial charge in [-0.3, -0.25) is 4.79 Å². The number of benzene rings is 2. The van der Waals surface area contributed by atoms with Crippen LogP contribution in [-0.2, 0) is 10.0 Å². The fourth-order valence-corrected chi connectivity index (χ4v) is 3.22. The third kappa shape index (κ3) is 4.90. The van der Waals surface area contributed by atoms with Crippen LogP contribution >= 0.6 is 0 Å². The largest absolute Gasteiger partial charge is 0.372 e. The molecule has 0 aromatic heterocycles. The molecule has 3 N–H and O–H groups in total. The lowest BCUT2D eigenvalue weighted by atomic mass is 10.2. The van der Waals surface area contributed by atoms with Gasteiger partial charge >= 0.3 is 0 Å². The number of sulfonamides is 1. The van der Waals surface area contributed by atoms with Crippen LogP contribution in [0.3, 0.4) is 0 Å². The van der Waals surface area contributed by atoms with E-state index in [1.807, 2.05) is 24.3 Å². The van der Waals surface area contributed by atoms with Gasteiger partial charge in [-0.1, -0.05) is 24.3 Å². The number of nitrogens with two attached hydrogens (primary N) is 1. The number of nitrogens with zero attached hydrogens (tertiary/aromatic N) is 2. The minimum absolute atomic E-state index is 0.0518. The molecule has 1 amide bonds. The van der Waals surface area contributed by atoms with E-state index in [1.54, 1.807) is 6.07 Å². The van der Waals surface area contributed by atoms with Gasteiger partial charge in [-0.15, -0.1) is 0 Å². The SMILES string of the molecule is CCN(CC)c1ccc(/C=N/NC(=O)c2ccccc2S(N)(=O)=O)cc1. The average molecular weight is 374 g/mol. The zero-order valence-electron chi connectivity index (χ0n) is 14.7. The van der Waals surface area contributed by atoms with Gasteiger partial charge in [0.25, 0.3) is 5.91 Å². The Kier molecular flexibility index (Phi) is 6.48. The average Bonchev–Trinajstić information content (AvgIpc) is 2.63. The molecule has 7 nitrogen and oxygen atoms in total. The molecule has 0 heterocycles. The maximum atomic E-state index is 12.2. The van der Waals surface area contributed by atoms with E-state index in [0.717, 1.165) is 24.3 Å². The molecule has 8 heteroatoms. The lowest BCUT2D eigenvalue weighted by Crippen LogP contribution is -2.23. The van der Waals surface area contributed by atoms with Crippen molar-refractivity contribution in [2.24, 2.45) is 10.2 Å². The van der Waals surface area contributed by atoms with E-state index in [2.05, 4.69) is 29.3 Å². The molecule has 0 aliphatic rings. The Morgan fingerprint density at radius 2 is 1.73 bits per heavy atom. The van der Waals surface area contributed by atoms with Crippen molar-refractivity contribution in [3.05, 3.63) is 59.7 Å². The summed E-state index contributed by atoms with van der Waals surface area (Å²) < 4.78 is 23.1. The number of amides is 1. The lowest BCUT2D eigenvalue weighted by molar-refractivity contribution is 0.0952. The molecule has 0 atom stereocenters. The van der Waals surface area contributed by atoms with E-state index in [4.69, 9.17) is 5.14 Å². The first kappa shape index (κ1) is 19.6. The van der Waals surface area contributed by atoms with E-state index >= 15 is 0 Å². The van der Waals surface area contributed by atoms with Crippen molar-refractivity contribution in [1.82, 2.24) is 5.43 Å². The van der Waals surface area contributed by atoms with Gasteiger partial charge in [-0.05, 0) is 43.7 Å². The molecule has 0 aliphatic heterocycles. The summed E-state index contributed by atoms with van der Waals surface area (Å²) in [6.45, 7) is 6.02. The van der Waals surface area contributed by atoms with Crippen LogP contribution < -0.4 is 15.5 Å². The molecule has 0 aliphatic carbocycles. The van der Waals surface area contributed by atoms with Crippen LogP contribution in [0.15, 0.2) is 58.5 Å². The van der Waals surface area contributed by atoms with Crippen molar-refractivity contribution in [3.63, 3.8) is 0 Å². The smallest absolute Gasteiger partial charge is 0.272 e. The highest BCUT2D eigenvalue weighted by Crippen LogP contribution is 2.15. The maximum Gasteiger partial charge on any atom is 0.272 e. The van der Waals surface area contributed by atoms with E-state index in [0.29, 0.717) is 0 Å². The van der Waals surface area contributed by atoms with Crippen LogP contribution in [-0.4, -0.2) is 33.6 Å². The molecule has 2 rings (SSSR count). The zero-order chi connectivity index (χ0) is 19.2. The van der Waals surface area contributed by atoms with Crippen LogP contribution in [0, 0.1) is 0 Å². The van der Waals surface area contributed by atoms with Gasteiger partial charge in [-0.25, -0.2) is 19.0 Å². The van der Waals surface area contributed by atoms with Gasteiger partial charge in [0.15, 0.2) is 0 Å². The summed E-state index contributed by atoms with van der Waals surface area (Å²) in [5.74, 6) is -0.648. The Morgan fingerprint density at radius 3 is 2.31 bits per heavy atom. The maximum absolute atomic E-state index is 12.2. The van der Waals surface area contributed by atoms with Crippen molar-refractivity contribution in [1.29, 1.82) is 0 Å². The molecule has 0 fully saturated rings. The second-order valence-electron chi connectivity index (χ2n) is 5.50. The van der Waals surface area contributed by atoms with Gasteiger partial charge in [0, 0.05) is 18.8 Å². The van der Waals surface area contributed by atoms with Crippen molar-refractivity contribution >= 4 is 27.8 Å². The van der Waals surface area contributed by atoms with Crippen molar-refractivity contribution in [3.8, 4) is 0 Å². The van der Waals surface area contributed by atoms with Crippen LogP contribution in [0.2, 0.25) is 0 Å². The molecule has 0 saturated carbocycles. The number of primary sulfonamides is 1. The summed E-state index contributed by atoms with van der Waals surface area (Å²) in [5, 5.41) is 9.01. The second-order valence-corrected chi connectivity index (χ2v) is 7.03. The van der Waals surface area contributed by atoms with Gasteiger partial charge in [0.05, 0.1) is 16.7 Å². The highest BCUT2D eigenvalue weighted by molar-refractivity contribution is 7.89. The molecule has 0 radical (unpaired) electrons. The number of hydrogen-bond donors (Lipinski definition) is 2. The highest BCUT2D eigenvalue weighted by atomic mass is 32.2. The molecule has 0 spiro atoms. The van der Waals surface area contributed by atoms with Gasteiger partial charge in [-0.2, -0.15) is 5.10 Å². The van der Waals surface area contributed by atoms with E-state index in [-0.39, 0.29) is 10.5 Å². The molecule has 26 heavy (non-hydrogen) atoms. The third-order valence-electron chi connectivity index (χ3n) is 3.84. The number of nitrogens with one attached hydrogen (secondary N) is 1. The Morgan fingerprint density at radius 1 is 1.12 bits per heavy atom. The van der Waals surface area contributed by atoms with Crippen LogP contribution in [0.5, 0.6) is 0 Å². The predicted octanol–water partition coefficient (Wildman–Crippen LogP) is 1.94. The summed E-state index contributed by atoms with van der Waals surface area (Å²) in [5.41, 5.74) is 4.18. The number of anilines is 1. The molecule has 0 bridgehead atoms. The number of rotatable bonds is 7. The minimum atomic E-state index is -3.99. The molecule has 2 aromatic rings. The van der Waals surface area contributed by atoms with Gasteiger partial charge in [0.1, 0.15) is 0 Å². The summed E-state index contributed by atoms with van der Waals surface area (Å²) in [6.07, 6.45) is 1.49. The highest BCUT2D eigenvalue weighted by Gasteiger charge is 2.18. The Labute approximate surface area is 153 Å². The second kappa shape index (κ2) is 8.59. The van der Waals surface area contributed by atoms with E-state index in [1.165, 1.54) is 24.4 Å². The quantitative estimate of drug-likeness (QED) is 0.571. The Bertz CT molecular complexity index is 889. The fourth-order valence-electron chi connectivity index (χ4n) is 2.49. The van der Waals surface area contributed by atoms with E-state index < -0.39 is 15.9 Å². The summed E-state index contributed by atoms with van der Waals surface area (Å²) >= 11 is 0. The monoisotopic (exact) mass is 374 g/mol. The fraction of sp³-hybridized carbons (Fsp3) is 0.222. The standard InChI is InChI=1S/C18H22N4O3S/c1-3-22(4-2)15-11-9-14(10-12-15)13-20-21-18(23)16-7-5-6-8-17(16)26(19,24)25/h5-13H,3-4H2,1-2H3,(H,21,23)(H2,19,24,25)/b20-13+. The Hall–Kier alpha value is -2.71. The zero-order valence-corrected chi connectivity index (χ0v) is 15.5. The third-order valence-corrected chi connectivity index (χ3v) is 4.81. The normalized spacial score (nSPS) is 11.5. The van der Waals surface area contributed by atoms with Crippen molar-refractivity contribution < 1.29 is 13.2 Å². The first-order valence-corrected chi connectivity index (χ1v) is 9.71. The van der Waals surface area contributed by atoms with Crippen LogP contribution in [0.25, 0.3) is 0 Å². The van der Waals surface area contributed by atoms with Gasteiger partial charge in [0.2, 0.25) is 10.0 Å². The minimum Gasteiger partial charge on any atom is -0.372 e. The van der Waals surface area contributed by atoms with Crippen molar-refractivity contribution in [2.45, 2.75) is 18.7 Å². The lowest BCUT2D eigenvalue weighted by Gasteiger charge is -2.20. The first-order valence-electron chi connectivity index (χ1n) is 8.17. The molecular formula is C18H22N4O3S. The number of hydrogen-bond acceptors (Lipinski definition) is 5. The van der Waals surface area contributed by atoms with Crippen LogP contribution in [0.1, 0.15) is 29.8 Å². The molecule has 0 saturated heterocycles. The molecule has 0 unspecified atom stereocenters.